The summed E-state index contributed by atoms with van der Waals surface area (Å²) >= 11 is 0. The van der Waals surface area contributed by atoms with Crippen LogP contribution in [0.3, 0.4) is 0 Å². The fraction of sp³-hybridized carbons (Fsp3) is 0.786. The molecule has 17 heavy (non-hydrogen) atoms. The Kier molecular flexibility index (Phi) is 5.86. The van der Waals surface area contributed by atoms with Crippen molar-refractivity contribution in [2.45, 2.75) is 52.7 Å². The van der Waals surface area contributed by atoms with Crippen molar-refractivity contribution in [3.05, 3.63) is 12.2 Å². The van der Waals surface area contributed by atoms with Crippen LogP contribution in [0.25, 0.3) is 0 Å². The zero-order valence-corrected chi connectivity index (χ0v) is 11.5. The van der Waals surface area contributed by atoms with Gasteiger partial charge in [0.15, 0.2) is 6.23 Å². The molecule has 1 N–H and O–H groups in total. The lowest BCUT2D eigenvalue weighted by atomic mass is 10.2. The third-order valence-electron chi connectivity index (χ3n) is 3.75. The minimum Gasteiger partial charge on any atom is -0.345 e. The van der Waals surface area contributed by atoms with Gasteiger partial charge >= 0.3 is 0 Å². The number of hydrogen-bond donors (Lipinski definition) is 1. The number of unbranched alkanes of at least 4 members (excludes halogenated alkanes) is 3. The summed E-state index contributed by atoms with van der Waals surface area (Å²) in [5, 5.41) is 9.97. The topological polar surface area (TPSA) is 32.6 Å². The van der Waals surface area contributed by atoms with Crippen molar-refractivity contribution in [3.63, 3.8) is 0 Å². The molecule has 0 aromatic heterocycles. The summed E-state index contributed by atoms with van der Waals surface area (Å²) in [6.45, 7) is 8.90. The van der Waals surface area contributed by atoms with E-state index in [2.05, 4.69) is 31.0 Å². The van der Waals surface area contributed by atoms with Crippen LogP contribution in [-0.2, 0) is 0 Å². The maximum Gasteiger partial charge on any atom is 0.224 e. The third-order valence-corrected chi connectivity index (χ3v) is 3.75. The molecule has 1 aliphatic rings. The van der Waals surface area contributed by atoms with E-state index in [0.29, 0.717) is 4.48 Å². The van der Waals surface area contributed by atoms with E-state index in [0.717, 1.165) is 31.9 Å². The molecule has 0 aromatic rings. The average Bonchev–Trinajstić information content (AvgIpc) is 2.73. The number of quaternary nitrogens is 1. The molecule has 0 saturated carbocycles. The van der Waals surface area contributed by atoms with Gasteiger partial charge in [0, 0.05) is 13.0 Å². The molecule has 2 atom stereocenters. The summed E-state index contributed by atoms with van der Waals surface area (Å²) in [6, 6.07) is 0. The normalized spacial score (nSPS) is 26.5. The van der Waals surface area contributed by atoms with Crippen LogP contribution < -0.4 is 0 Å². The molecule has 98 valence electrons. The monoisotopic (exact) mass is 239 g/mol. The number of nitrogens with zero attached hydrogens (tertiary/aromatic N) is 2. The van der Waals surface area contributed by atoms with E-state index in [-0.39, 0.29) is 6.23 Å². The quantitative estimate of drug-likeness (QED) is 0.538. The molecule has 3 nitrogen and oxygen atoms in total. The molecule has 1 aliphatic heterocycles. The standard InChI is InChI=1S/C14H27N2O/c1-4-6-7-8-9-10-14-15-11-12-16(14,5-2)13(3)17/h9-10,13,17H,4-8,11-12H2,1-3H3/q+1/b10-9+. The Morgan fingerprint density at radius 2 is 2.18 bits per heavy atom. The van der Waals surface area contributed by atoms with E-state index < -0.39 is 0 Å². The molecule has 2 unspecified atom stereocenters. The fourth-order valence-electron chi connectivity index (χ4n) is 2.46. The Labute approximate surface area is 105 Å². The molecule has 0 amide bonds. The van der Waals surface area contributed by atoms with Crippen LogP contribution in [-0.4, -0.2) is 41.3 Å². The van der Waals surface area contributed by atoms with E-state index in [1.807, 2.05) is 6.92 Å². The zero-order chi connectivity index (χ0) is 12.7. The van der Waals surface area contributed by atoms with E-state index in [9.17, 15) is 5.11 Å². The number of aliphatic hydroxyl groups is 1. The summed E-state index contributed by atoms with van der Waals surface area (Å²) in [5.74, 6) is 1.05. The van der Waals surface area contributed by atoms with Crippen molar-refractivity contribution in [2.24, 2.45) is 4.99 Å². The zero-order valence-electron chi connectivity index (χ0n) is 11.5. The first-order chi connectivity index (χ1) is 8.17. The number of aliphatic imine (C=N–C) groups is 1. The Balaban J connectivity index is 2.57. The first-order valence-electron chi connectivity index (χ1n) is 6.93. The van der Waals surface area contributed by atoms with E-state index in [1.54, 1.807) is 0 Å². The van der Waals surface area contributed by atoms with Gasteiger partial charge in [0.05, 0.1) is 13.1 Å². The van der Waals surface area contributed by atoms with Gasteiger partial charge in [0.2, 0.25) is 5.84 Å². The lowest BCUT2D eigenvalue weighted by Gasteiger charge is -2.35. The first-order valence-corrected chi connectivity index (χ1v) is 6.93. The summed E-state index contributed by atoms with van der Waals surface area (Å²) in [5.41, 5.74) is 0. The van der Waals surface area contributed by atoms with Crippen LogP contribution in [0, 0.1) is 0 Å². The van der Waals surface area contributed by atoms with Gasteiger partial charge in [-0.2, -0.15) is 0 Å². The highest BCUT2D eigenvalue weighted by Gasteiger charge is 2.39. The third kappa shape index (κ3) is 3.39. The molecule has 0 spiro atoms. The molecule has 0 aromatic carbocycles. The number of likely N-dealkylation sites (N-methyl/N-ethyl adjacent to an activating group) is 1. The second kappa shape index (κ2) is 6.92. The molecule has 0 bridgehead atoms. The highest BCUT2D eigenvalue weighted by molar-refractivity contribution is 5.88. The number of amidine groups is 1. The smallest absolute Gasteiger partial charge is 0.224 e. The van der Waals surface area contributed by atoms with Crippen molar-refractivity contribution in [1.29, 1.82) is 0 Å². The second-order valence-electron chi connectivity index (χ2n) is 4.84. The van der Waals surface area contributed by atoms with Crippen LogP contribution in [0.4, 0.5) is 0 Å². The predicted molar refractivity (Wildman–Crippen MR) is 72.9 cm³/mol. The molecule has 1 heterocycles. The van der Waals surface area contributed by atoms with Gasteiger partial charge in [-0.05, 0) is 19.8 Å². The largest absolute Gasteiger partial charge is 0.345 e. The molecule has 1 rings (SSSR count). The van der Waals surface area contributed by atoms with Crippen molar-refractivity contribution < 1.29 is 9.59 Å². The Bertz CT molecular complexity index is 284. The summed E-state index contributed by atoms with van der Waals surface area (Å²) in [6.07, 6.45) is 8.90. The van der Waals surface area contributed by atoms with Gasteiger partial charge in [-0.25, -0.2) is 9.48 Å². The average molecular weight is 239 g/mol. The maximum absolute atomic E-state index is 9.97. The van der Waals surface area contributed by atoms with Gasteiger partial charge in [-0.15, -0.1) is 0 Å². The van der Waals surface area contributed by atoms with Gasteiger partial charge < -0.3 is 5.11 Å². The van der Waals surface area contributed by atoms with Gasteiger partial charge in [-0.3, -0.25) is 0 Å². The minimum atomic E-state index is -0.360. The Morgan fingerprint density at radius 1 is 1.41 bits per heavy atom. The lowest BCUT2D eigenvalue weighted by molar-refractivity contribution is -0.880. The summed E-state index contributed by atoms with van der Waals surface area (Å²) in [7, 11) is 0. The molecule has 0 saturated heterocycles. The SMILES string of the molecule is CCCCC/C=C/C1=NCC[N+]1(CC)C(C)O. The van der Waals surface area contributed by atoms with Gasteiger partial charge in [0.1, 0.15) is 6.54 Å². The van der Waals surface area contributed by atoms with Crippen molar-refractivity contribution in [2.75, 3.05) is 19.6 Å². The lowest BCUT2D eigenvalue weighted by Crippen LogP contribution is -2.56. The molecular weight excluding hydrogens is 212 g/mol. The highest BCUT2D eigenvalue weighted by atomic mass is 16.3. The molecule has 0 radical (unpaired) electrons. The number of hydrogen-bond acceptors (Lipinski definition) is 2. The summed E-state index contributed by atoms with van der Waals surface area (Å²) < 4.78 is 0.629. The summed E-state index contributed by atoms with van der Waals surface area (Å²) in [4.78, 5) is 4.54. The van der Waals surface area contributed by atoms with Crippen molar-refractivity contribution in [1.82, 2.24) is 0 Å². The van der Waals surface area contributed by atoms with Crippen molar-refractivity contribution >= 4 is 5.84 Å². The molecule has 0 fully saturated rings. The van der Waals surface area contributed by atoms with Crippen LogP contribution in [0.15, 0.2) is 17.1 Å². The van der Waals surface area contributed by atoms with Crippen molar-refractivity contribution in [3.8, 4) is 0 Å². The molecule has 3 heteroatoms. The number of allylic oxidation sites excluding steroid dienone is 1. The van der Waals surface area contributed by atoms with Gasteiger partial charge in [-0.1, -0.05) is 25.8 Å². The number of rotatable bonds is 7. The number of aliphatic hydroxyl groups excluding tert-OH is 1. The Morgan fingerprint density at radius 3 is 2.76 bits per heavy atom. The van der Waals surface area contributed by atoms with Gasteiger partial charge in [0.25, 0.3) is 0 Å². The predicted octanol–water partition coefficient (Wildman–Crippen LogP) is 2.71. The highest BCUT2D eigenvalue weighted by Crippen LogP contribution is 2.20. The van der Waals surface area contributed by atoms with Crippen LogP contribution in [0.5, 0.6) is 0 Å². The fourth-order valence-corrected chi connectivity index (χ4v) is 2.46. The second-order valence-corrected chi connectivity index (χ2v) is 4.84. The van der Waals surface area contributed by atoms with Crippen LogP contribution >= 0.6 is 0 Å². The first kappa shape index (κ1) is 14.4. The van der Waals surface area contributed by atoms with Crippen LogP contribution in [0.2, 0.25) is 0 Å². The molecule has 0 aliphatic carbocycles. The molecular formula is C14H27N2O+. The van der Waals surface area contributed by atoms with E-state index in [4.69, 9.17) is 0 Å². The maximum atomic E-state index is 9.97. The van der Waals surface area contributed by atoms with Crippen LogP contribution in [0.1, 0.15) is 46.5 Å². The van der Waals surface area contributed by atoms with E-state index in [1.165, 1.54) is 19.3 Å². The Hall–Kier alpha value is -0.670. The minimum absolute atomic E-state index is 0.360. The van der Waals surface area contributed by atoms with E-state index >= 15 is 0 Å².